The fourth-order valence-electron chi connectivity index (χ4n) is 2.08. The van der Waals surface area contributed by atoms with Crippen LogP contribution in [0.25, 0.3) is 0 Å². The Morgan fingerprint density at radius 1 is 1.40 bits per heavy atom. The van der Waals surface area contributed by atoms with E-state index >= 15 is 0 Å². The minimum Gasteiger partial charge on any atom is -0.490 e. The molecule has 0 saturated heterocycles. The van der Waals surface area contributed by atoms with Crippen LogP contribution >= 0.6 is 12.4 Å². The summed E-state index contributed by atoms with van der Waals surface area (Å²) in [5, 5.41) is 2.62. The van der Waals surface area contributed by atoms with Crippen LogP contribution in [0.2, 0.25) is 0 Å². The first kappa shape index (κ1) is 20.7. The van der Waals surface area contributed by atoms with Crippen molar-refractivity contribution in [2.75, 3.05) is 6.61 Å². The SMILES string of the molecule is CCOc1cccc(CNC(=O)c2coc(CN)c2)c1OC(F)F.Cl. The van der Waals surface area contributed by atoms with E-state index in [0.29, 0.717) is 23.5 Å². The summed E-state index contributed by atoms with van der Waals surface area (Å²) in [6, 6.07) is 6.25. The van der Waals surface area contributed by atoms with Gasteiger partial charge < -0.3 is 24.9 Å². The number of benzene rings is 1. The maximum absolute atomic E-state index is 12.6. The van der Waals surface area contributed by atoms with E-state index < -0.39 is 12.5 Å². The van der Waals surface area contributed by atoms with Crippen LogP contribution in [0.15, 0.2) is 34.9 Å². The molecular weight excluding hydrogens is 358 g/mol. The molecule has 2 rings (SSSR count). The van der Waals surface area contributed by atoms with Gasteiger partial charge in [0, 0.05) is 12.1 Å². The van der Waals surface area contributed by atoms with E-state index in [-0.39, 0.29) is 37.0 Å². The third kappa shape index (κ3) is 5.61. The molecule has 138 valence electrons. The predicted molar refractivity (Wildman–Crippen MR) is 89.3 cm³/mol. The van der Waals surface area contributed by atoms with Crippen LogP contribution in [0.3, 0.4) is 0 Å². The Bertz CT molecular complexity index is 695. The lowest BCUT2D eigenvalue weighted by Crippen LogP contribution is -2.23. The summed E-state index contributed by atoms with van der Waals surface area (Å²) in [4.78, 5) is 12.1. The Morgan fingerprint density at radius 2 is 2.16 bits per heavy atom. The summed E-state index contributed by atoms with van der Waals surface area (Å²) in [5.74, 6) is 0.159. The van der Waals surface area contributed by atoms with Gasteiger partial charge in [0.25, 0.3) is 5.91 Å². The van der Waals surface area contributed by atoms with E-state index in [1.165, 1.54) is 18.4 Å². The van der Waals surface area contributed by atoms with E-state index in [2.05, 4.69) is 10.1 Å². The van der Waals surface area contributed by atoms with Gasteiger partial charge in [-0.05, 0) is 19.1 Å². The smallest absolute Gasteiger partial charge is 0.387 e. The summed E-state index contributed by atoms with van der Waals surface area (Å²) in [6.45, 7) is -0.802. The number of furan rings is 1. The molecule has 0 unspecified atom stereocenters. The van der Waals surface area contributed by atoms with Gasteiger partial charge in [-0.15, -0.1) is 12.4 Å². The highest BCUT2D eigenvalue weighted by atomic mass is 35.5. The second-order valence-electron chi connectivity index (χ2n) is 4.74. The van der Waals surface area contributed by atoms with Crippen molar-refractivity contribution in [1.29, 1.82) is 0 Å². The van der Waals surface area contributed by atoms with Crippen molar-refractivity contribution in [3.05, 3.63) is 47.4 Å². The summed E-state index contributed by atoms with van der Waals surface area (Å²) in [6.07, 6.45) is 1.28. The van der Waals surface area contributed by atoms with Crippen molar-refractivity contribution in [2.24, 2.45) is 5.73 Å². The molecule has 1 heterocycles. The lowest BCUT2D eigenvalue weighted by Gasteiger charge is -2.15. The van der Waals surface area contributed by atoms with Crippen molar-refractivity contribution < 1.29 is 27.5 Å². The van der Waals surface area contributed by atoms with Gasteiger partial charge in [-0.2, -0.15) is 8.78 Å². The Balaban J connectivity index is 0.00000312. The molecule has 9 heteroatoms. The summed E-state index contributed by atoms with van der Waals surface area (Å²) < 4.78 is 40.2. The number of carbonyl (C=O) groups excluding carboxylic acids is 1. The van der Waals surface area contributed by atoms with Gasteiger partial charge in [0.15, 0.2) is 11.5 Å². The van der Waals surface area contributed by atoms with Gasteiger partial charge >= 0.3 is 6.61 Å². The quantitative estimate of drug-likeness (QED) is 0.739. The highest BCUT2D eigenvalue weighted by Crippen LogP contribution is 2.32. The zero-order valence-electron chi connectivity index (χ0n) is 13.5. The minimum absolute atomic E-state index is 0. The monoisotopic (exact) mass is 376 g/mol. The number of hydrogen-bond acceptors (Lipinski definition) is 5. The molecule has 25 heavy (non-hydrogen) atoms. The fourth-order valence-corrected chi connectivity index (χ4v) is 2.08. The van der Waals surface area contributed by atoms with Crippen LogP contribution in [0, 0.1) is 0 Å². The number of nitrogens with one attached hydrogen (secondary N) is 1. The third-order valence-electron chi connectivity index (χ3n) is 3.12. The molecule has 3 N–H and O–H groups in total. The van der Waals surface area contributed by atoms with Gasteiger partial charge in [-0.1, -0.05) is 12.1 Å². The van der Waals surface area contributed by atoms with Crippen molar-refractivity contribution in [1.82, 2.24) is 5.32 Å². The molecule has 6 nitrogen and oxygen atoms in total. The van der Waals surface area contributed by atoms with Gasteiger partial charge in [0.2, 0.25) is 0 Å². The van der Waals surface area contributed by atoms with Gasteiger partial charge in [-0.3, -0.25) is 4.79 Å². The molecule has 1 aromatic carbocycles. The molecule has 0 aliphatic rings. The Hall–Kier alpha value is -2.32. The summed E-state index contributed by atoms with van der Waals surface area (Å²) in [7, 11) is 0. The molecule has 2 aromatic rings. The zero-order valence-corrected chi connectivity index (χ0v) is 14.3. The Labute approximate surface area is 149 Å². The second-order valence-corrected chi connectivity index (χ2v) is 4.74. The number of hydrogen-bond donors (Lipinski definition) is 2. The first-order chi connectivity index (χ1) is 11.5. The van der Waals surface area contributed by atoms with E-state index in [4.69, 9.17) is 14.9 Å². The van der Waals surface area contributed by atoms with Gasteiger partial charge in [0.1, 0.15) is 12.0 Å². The van der Waals surface area contributed by atoms with Crippen molar-refractivity contribution in [3.63, 3.8) is 0 Å². The fraction of sp³-hybridized carbons (Fsp3) is 0.312. The van der Waals surface area contributed by atoms with Crippen LogP contribution in [0.5, 0.6) is 11.5 Å². The number of halogens is 3. The van der Waals surface area contributed by atoms with Crippen LogP contribution < -0.4 is 20.5 Å². The Morgan fingerprint density at radius 3 is 2.76 bits per heavy atom. The first-order valence-corrected chi connectivity index (χ1v) is 7.30. The number of nitrogens with two attached hydrogens (primary N) is 1. The molecule has 1 aromatic heterocycles. The summed E-state index contributed by atoms with van der Waals surface area (Å²) in [5.41, 5.74) is 6.08. The Kier molecular flexibility index (Phi) is 8.17. The largest absolute Gasteiger partial charge is 0.490 e. The molecule has 1 amide bonds. The molecule has 0 bridgehead atoms. The third-order valence-corrected chi connectivity index (χ3v) is 3.12. The maximum atomic E-state index is 12.6. The van der Waals surface area contributed by atoms with E-state index in [1.807, 2.05) is 0 Å². The van der Waals surface area contributed by atoms with Crippen molar-refractivity contribution >= 4 is 18.3 Å². The van der Waals surface area contributed by atoms with E-state index in [1.54, 1.807) is 19.1 Å². The van der Waals surface area contributed by atoms with E-state index in [9.17, 15) is 13.6 Å². The number of carbonyl (C=O) groups is 1. The van der Waals surface area contributed by atoms with E-state index in [0.717, 1.165) is 0 Å². The maximum Gasteiger partial charge on any atom is 0.387 e. The molecule has 0 fully saturated rings. The van der Waals surface area contributed by atoms with Crippen LogP contribution in [-0.4, -0.2) is 19.1 Å². The minimum atomic E-state index is -3.00. The van der Waals surface area contributed by atoms with Crippen LogP contribution in [-0.2, 0) is 13.1 Å². The zero-order chi connectivity index (χ0) is 17.5. The predicted octanol–water partition coefficient (Wildman–Crippen LogP) is 3.09. The van der Waals surface area contributed by atoms with Crippen molar-refractivity contribution in [2.45, 2.75) is 26.6 Å². The average Bonchev–Trinajstić information content (AvgIpc) is 3.04. The molecule has 0 aliphatic heterocycles. The van der Waals surface area contributed by atoms with Crippen molar-refractivity contribution in [3.8, 4) is 11.5 Å². The second kappa shape index (κ2) is 9.85. The molecule has 0 aliphatic carbocycles. The number of rotatable bonds is 8. The number of alkyl halides is 2. The van der Waals surface area contributed by atoms with Gasteiger partial charge in [0.05, 0.1) is 18.7 Å². The summed E-state index contributed by atoms with van der Waals surface area (Å²) >= 11 is 0. The normalized spacial score (nSPS) is 10.3. The highest BCUT2D eigenvalue weighted by Gasteiger charge is 2.17. The first-order valence-electron chi connectivity index (χ1n) is 7.30. The lowest BCUT2D eigenvalue weighted by atomic mass is 10.1. The highest BCUT2D eigenvalue weighted by molar-refractivity contribution is 5.93. The average molecular weight is 377 g/mol. The van der Waals surface area contributed by atoms with Gasteiger partial charge in [-0.25, -0.2) is 0 Å². The molecule has 0 radical (unpaired) electrons. The standard InChI is InChI=1S/C16H18F2N2O4.ClH/c1-2-22-13-5-3-4-10(14(13)24-16(17)18)8-20-15(21)11-6-12(7-19)23-9-11;/h3-6,9,16H,2,7-8,19H2,1H3,(H,20,21);1H. The molecule has 0 atom stereocenters. The molecular formula is C16H19ClF2N2O4. The number of amides is 1. The number of ether oxygens (including phenoxy) is 2. The molecule has 0 spiro atoms. The lowest BCUT2D eigenvalue weighted by molar-refractivity contribution is -0.0520. The number of para-hydroxylation sites is 1. The van der Waals surface area contributed by atoms with Crippen LogP contribution in [0.4, 0.5) is 8.78 Å². The van der Waals surface area contributed by atoms with Crippen LogP contribution in [0.1, 0.15) is 28.6 Å². The molecule has 0 saturated carbocycles. The topological polar surface area (TPSA) is 86.7 Å².